The number of carbonyl (C=O) groups is 1. The molecule has 128 valence electrons. The Labute approximate surface area is 133 Å². The standard InChI is InChI=1S/C16H21F3N2O2/c1-11(12-3-5-13(6-4-12)16(17,18)19)21-14(22)15(23-2)7-9-20-10-8-15/h3-6,11,20H,7-10H2,1-2H3,(H,21,22). The number of rotatable bonds is 4. The Morgan fingerprint density at radius 3 is 2.30 bits per heavy atom. The van der Waals surface area contributed by atoms with Gasteiger partial charge in [-0.1, -0.05) is 12.1 Å². The maximum atomic E-state index is 12.6. The fourth-order valence-corrected chi connectivity index (χ4v) is 2.73. The molecule has 1 atom stereocenters. The van der Waals surface area contributed by atoms with Gasteiger partial charge >= 0.3 is 6.18 Å². The second-order valence-corrected chi connectivity index (χ2v) is 5.76. The molecule has 1 unspecified atom stereocenters. The average Bonchev–Trinajstić information content (AvgIpc) is 2.54. The van der Waals surface area contributed by atoms with Gasteiger partial charge in [0.05, 0.1) is 11.6 Å². The Balaban J connectivity index is 2.06. The van der Waals surface area contributed by atoms with E-state index in [0.29, 0.717) is 31.5 Å². The van der Waals surface area contributed by atoms with Crippen LogP contribution in [0.5, 0.6) is 0 Å². The lowest BCUT2D eigenvalue weighted by molar-refractivity contribution is -0.147. The van der Waals surface area contributed by atoms with E-state index < -0.39 is 23.4 Å². The molecule has 0 bridgehead atoms. The van der Waals surface area contributed by atoms with E-state index in [4.69, 9.17) is 4.74 Å². The van der Waals surface area contributed by atoms with Crippen LogP contribution in [0.2, 0.25) is 0 Å². The number of hydrogen-bond acceptors (Lipinski definition) is 3. The van der Waals surface area contributed by atoms with Crippen LogP contribution in [0.4, 0.5) is 13.2 Å². The van der Waals surface area contributed by atoms with Gasteiger partial charge < -0.3 is 15.4 Å². The van der Waals surface area contributed by atoms with Crippen molar-refractivity contribution in [1.82, 2.24) is 10.6 Å². The fraction of sp³-hybridized carbons (Fsp3) is 0.562. The Kier molecular flexibility index (Phi) is 5.31. The summed E-state index contributed by atoms with van der Waals surface area (Å²) in [6, 6.07) is 4.42. The third kappa shape index (κ3) is 4.03. The maximum absolute atomic E-state index is 12.6. The summed E-state index contributed by atoms with van der Waals surface area (Å²) in [5.74, 6) is -0.228. The van der Waals surface area contributed by atoms with Crippen molar-refractivity contribution < 1.29 is 22.7 Å². The van der Waals surface area contributed by atoms with E-state index in [1.165, 1.54) is 19.2 Å². The molecule has 1 heterocycles. The maximum Gasteiger partial charge on any atom is 0.416 e. The molecule has 0 aromatic heterocycles. The van der Waals surface area contributed by atoms with Gasteiger partial charge in [-0.25, -0.2) is 0 Å². The van der Waals surface area contributed by atoms with Crippen molar-refractivity contribution in [2.45, 2.75) is 37.6 Å². The zero-order chi connectivity index (χ0) is 17.1. The fourth-order valence-electron chi connectivity index (χ4n) is 2.73. The summed E-state index contributed by atoms with van der Waals surface area (Å²) in [6.07, 6.45) is -3.23. The second-order valence-electron chi connectivity index (χ2n) is 5.76. The van der Waals surface area contributed by atoms with Crippen LogP contribution in [-0.4, -0.2) is 31.7 Å². The summed E-state index contributed by atoms with van der Waals surface area (Å²) in [7, 11) is 1.51. The number of hydrogen-bond donors (Lipinski definition) is 2. The molecule has 23 heavy (non-hydrogen) atoms. The SMILES string of the molecule is COC1(C(=O)NC(C)c2ccc(C(F)(F)F)cc2)CCNCC1. The molecular formula is C16H21F3N2O2. The Hall–Kier alpha value is -1.60. The monoisotopic (exact) mass is 330 g/mol. The van der Waals surface area contributed by atoms with Crippen LogP contribution in [0.15, 0.2) is 24.3 Å². The summed E-state index contributed by atoms with van der Waals surface area (Å²) < 4.78 is 43.2. The molecule has 0 radical (unpaired) electrons. The first-order valence-electron chi connectivity index (χ1n) is 7.52. The molecule has 0 saturated carbocycles. The van der Waals surface area contributed by atoms with Crippen LogP contribution >= 0.6 is 0 Å². The van der Waals surface area contributed by atoms with Crippen molar-refractivity contribution in [2.24, 2.45) is 0 Å². The van der Waals surface area contributed by atoms with Gasteiger partial charge in [-0.2, -0.15) is 13.2 Å². The van der Waals surface area contributed by atoms with Crippen LogP contribution < -0.4 is 10.6 Å². The number of ether oxygens (including phenoxy) is 1. The quantitative estimate of drug-likeness (QED) is 0.892. The highest BCUT2D eigenvalue weighted by atomic mass is 19.4. The highest BCUT2D eigenvalue weighted by molar-refractivity contribution is 5.85. The molecule has 0 aliphatic carbocycles. The number of amides is 1. The number of methoxy groups -OCH3 is 1. The highest BCUT2D eigenvalue weighted by Gasteiger charge is 2.40. The predicted molar refractivity (Wildman–Crippen MR) is 79.8 cm³/mol. The minimum Gasteiger partial charge on any atom is -0.368 e. The molecule has 1 aliphatic rings. The summed E-state index contributed by atoms with van der Waals surface area (Å²) >= 11 is 0. The van der Waals surface area contributed by atoms with Crippen LogP contribution in [0.25, 0.3) is 0 Å². The van der Waals surface area contributed by atoms with Crippen LogP contribution in [-0.2, 0) is 15.7 Å². The summed E-state index contributed by atoms with van der Waals surface area (Å²) in [4.78, 5) is 12.5. The topological polar surface area (TPSA) is 50.4 Å². The Bertz CT molecular complexity index is 537. The lowest BCUT2D eigenvalue weighted by Crippen LogP contribution is -2.54. The number of piperidine rings is 1. The van der Waals surface area contributed by atoms with Crippen LogP contribution in [0.1, 0.15) is 36.9 Å². The van der Waals surface area contributed by atoms with Gasteiger partial charge in [0.15, 0.2) is 0 Å². The molecule has 1 amide bonds. The zero-order valence-corrected chi connectivity index (χ0v) is 13.2. The summed E-state index contributed by atoms with van der Waals surface area (Å²) in [6.45, 7) is 3.12. The van der Waals surface area contributed by atoms with Gasteiger partial charge in [0.2, 0.25) is 0 Å². The Morgan fingerprint density at radius 2 is 1.83 bits per heavy atom. The molecule has 1 fully saturated rings. The van der Waals surface area contributed by atoms with Crippen molar-refractivity contribution in [3.63, 3.8) is 0 Å². The first-order chi connectivity index (χ1) is 10.8. The van der Waals surface area contributed by atoms with Gasteiger partial charge in [0.1, 0.15) is 5.60 Å². The molecule has 2 N–H and O–H groups in total. The molecule has 1 aromatic rings. The van der Waals surface area contributed by atoms with Crippen LogP contribution in [0, 0.1) is 0 Å². The summed E-state index contributed by atoms with van der Waals surface area (Å²) in [5, 5.41) is 6.01. The smallest absolute Gasteiger partial charge is 0.368 e. The highest BCUT2D eigenvalue weighted by Crippen LogP contribution is 2.30. The molecule has 7 heteroatoms. The minimum absolute atomic E-state index is 0.228. The number of carbonyl (C=O) groups excluding carboxylic acids is 1. The number of nitrogens with one attached hydrogen (secondary N) is 2. The number of benzene rings is 1. The van der Waals surface area contributed by atoms with E-state index >= 15 is 0 Å². The zero-order valence-electron chi connectivity index (χ0n) is 13.2. The minimum atomic E-state index is -4.36. The van der Waals surface area contributed by atoms with Crippen molar-refractivity contribution in [3.8, 4) is 0 Å². The molecule has 1 saturated heterocycles. The lowest BCUT2D eigenvalue weighted by Gasteiger charge is -2.35. The van der Waals surface area contributed by atoms with Gasteiger partial charge in [0.25, 0.3) is 5.91 Å². The molecule has 0 spiro atoms. The van der Waals surface area contributed by atoms with Crippen LogP contribution in [0.3, 0.4) is 0 Å². The molecule has 2 rings (SSSR count). The van der Waals surface area contributed by atoms with Gasteiger partial charge in [-0.3, -0.25) is 4.79 Å². The van der Waals surface area contributed by atoms with Crippen molar-refractivity contribution >= 4 is 5.91 Å². The second kappa shape index (κ2) is 6.88. The van der Waals surface area contributed by atoms with Gasteiger partial charge in [-0.15, -0.1) is 0 Å². The molecular weight excluding hydrogens is 309 g/mol. The van der Waals surface area contributed by atoms with Gasteiger partial charge in [0, 0.05) is 7.11 Å². The third-order valence-corrected chi connectivity index (χ3v) is 4.30. The molecule has 1 aliphatic heterocycles. The number of alkyl halides is 3. The summed E-state index contributed by atoms with van der Waals surface area (Å²) in [5.41, 5.74) is -0.955. The van der Waals surface area contributed by atoms with E-state index in [1.807, 2.05) is 0 Å². The van der Waals surface area contributed by atoms with Crippen molar-refractivity contribution in [3.05, 3.63) is 35.4 Å². The largest absolute Gasteiger partial charge is 0.416 e. The molecule has 4 nitrogen and oxygen atoms in total. The lowest BCUT2D eigenvalue weighted by atomic mass is 9.90. The van der Waals surface area contributed by atoms with E-state index in [2.05, 4.69) is 10.6 Å². The predicted octanol–water partition coefficient (Wildman–Crippen LogP) is 2.65. The van der Waals surface area contributed by atoms with E-state index in [0.717, 1.165) is 12.1 Å². The average molecular weight is 330 g/mol. The number of halogens is 3. The first-order valence-corrected chi connectivity index (χ1v) is 7.52. The first kappa shape index (κ1) is 17.7. The van der Waals surface area contributed by atoms with Crippen molar-refractivity contribution in [2.75, 3.05) is 20.2 Å². The normalized spacial score (nSPS) is 19.2. The van der Waals surface area contributed by atoms with E-state index in [1.54, 1.807) is 6.92 Å². The van der Waals surface area contributed by atoms with Crippen molar-refractivity contribution in [1.29, 1.82) is 0 Å². The molecule has 1 aromatic carbocycles. The van der Waals surface area contributed by atoms with E-state index in [9.17, 15) is 18.0 Å². The third-order valence-electron chi connectivity index (χ3n) is 4.30. The van der Waals surface area contributed by atoms with E-state index in [-0.39, 0.29) is 5.91 Å². The Morgan fingerprint density at radius 1 is 1.26 bits per heavy atom. The van der Waals surface area contributed by atoms with Gasteiger partial charge in [-0.05, 0) is 50.6 Å².